The van der Waals surface area contributed by atoms with Crippen LogP contribution in [0.25, 0.3) is 21.9 Å². The van der Waals surface area contributed by atoms with Crippen molar-refractivity contribution in [2.75, 3.05) is 23.8 Å². The van der Waals surface area contributed by atoms with Crippen molar-refractivity contribution >= 4 is 33.4 Å². The Kier molecular flexibility index (Phi) is 4.56. The van der Waals surface area contributed by atoms with Gasteiger partial charge in [0.25, 0.3) is 0 Å². The summed E-state index contributed by atoms with van der Waals surface area (Å²) in [6.07, 6.45) is 4.82. The minimum absolute atomic E-state index is 0.128. The molecule has 3 atom stereocenters. The van der Waals surface area contributed by atoms with Crippen molar-refractivity contribution in [3.63, 3.8) is 0 Å². The lowest BCUT2D eigenvalue weighted by atomic mass is 10.0. The van der Waals surface area contributed by atoms with Crippen LogP contribution in [0.1, 0.15) is 18.7 Å². The molecule has 170 valence electrons. The van der Waals surface area contributed by atoms with E-state index >= 15 is 0 Å². The molecule has 2 bridgehead atoms. The molecule has 1 aromatic carbocycles. The minimum atomic E-state index is -0.342. The zero-order valence-electron chi connectivity index (χ0n) is 17.9. The SMILES string of the molecule is CNc1cc(F)cc2c1[nH]c1nc(Oc3cnc(CO)nc3)nc(N3C[C@@H]4C[C@H]3C[C@@H]4N)c12. The topological polar surface area (TPSA) is 138 Å². The van der Waals surface area contributed by atoms with Crippen molar-refractivity contribution in [1.29, 1.82) is 0 Å². The molecule has 4 heterocycles. The molecule has 4 aromatic rings. The van der Waals surface area contributed by atoms with Crippen LogP contribution in [-0.2, 0) is 6.61 Å². The van der Waals surface area contributed by atoms with Gasteiger partial charge in [-0.3, -0.25) is 0 Å². The molecule has 1 saturated heterocycles. The van der Waals surface area contributed by atoms with Gasteiger partial charge in [-0.1, -0.05) is 0 Å². The molecule has 11 heteroatoms. The van der Waals surface area contributed by atoms with E-state index in [1.165, 1.54) is 24.5 Å². The molecule has 0 radical (unpaired) electrons. The van der Waals surface area contributed by atoms with E-state index in [4.69, 9.17) is 20.6 Å². The Hall–Kier alpha value is -3.57. The number of aromatic nitrogens is 5. The minimum Gasteiger partial charge on any atom is -0.421 e. The Morgan fingerprint density at radius 1 is 1.27 bits per heavy atom. The summed E-state index contributed by atoms with van der Waals surface area (Å²) in [6.45, 7) is 0.526. The second kappa shape index (κ2) is 7.49. The average molecular weight is 450 g/mol. The number of rotatable bonds is 5. The standard InChI is InChI=1S/C22H23FN8O2/c1-25-16-4-11(23)3-14-18-20(28-19(14)16)29-22(33-13-6-26-17(9-32)27-7-13)30-21(18)31-8-10-2-12(31)5-15(10)24/h3-4,6-7,10,12,15,25,32H,2,5,8-9,24H2,1H3,(H,28,29,30)/t10-,12-,15-/m0/s1. The second-order valence-corrected chi connectivity index (χ2v) is 8.60. The van der Waals surface area contributed by atoms with Gasteiger partial charge in [0.05, 0.1) is 29.0 Å². The van der Waals surface area contributed by atoms with Crippen molar-refractivity contribution in [3.05, 3.63) is 36.2 Å². The van der Waals surface area contributed by atoms with Gasteiger partial charge in [-0.25, -0.2) is 14.4 Å². The number of benzene rings is 1. The maximum Gasteiger partial charge on any atom is 0.326 e. The van der Waals surface area contributed by atoms with E-state index in [1.807, 2.05) is 0 Å². The molecular formula is C22H23FN8O2. The number of nitrogens with one attached hydrogen (secondary N) is 2. The maximum atomic E-state index is 14.4. The maximum absolute atomic E-state index is 14.4. The second-order valence-electron chi connectivity index (χ2n) is 8.60. The molecule has 0 spiro atoms. The summed E-state index contributed by atoms with van der Waals surface area (Å²) in [5.41, 5.74) is 8.21. The van der Waals surface area contributed by atoms with Crippen LogP contribution in [0.4, 0.5) is 15.9 Å². The van der Waals surface area contributed by atoms with E-state index < -0.39 is 0 Å². The van der Waals surface area contributed by atoms with Crippen LogP contribution < -0.4 is 20.7 Å². The fraction of sp³-hybridized carbons (Fsp3) is 0.364. The number of fused-ring (bicyclic) bond motifs is 5. The van der Waals surface area contributed by atoms with Crippen molar-refractivity contribution in [2.24, 2.45) is 11.7 Å². The predicted octanol–water partition coefficient (Wildman–Crippen LogP) is 2.29. The number of piperidine rings is 1. The highest BCUT2D eigenvalue weighted by Gasteiger charge is 2.44. The first-order valence-electron chi connectivity index (χ1n) is 10.9. The van der Waals surface area contributed by atoms with Crippen LogP contribution in [0.15, 0.2) is 24.5 Å². The third-order valence-electron chi connectivity index (χ3n) is 6.66. The number of hydrogen-bond acceptors (Lipinski definition) is 9. The van der Waals surface area contributed by atoms with Gasteiger partial charge < -0.3 is 30.8 Å². The van der Waals surface area contributed by atoms with Crippen LogP contribution in [0.3, 0.4) is 0 Å². The zero-order chi connectivity index (χ0) is 22.7. The Balaban J connectivity index is 1.52. The highest BCUT2D eigenvalue weighted by atomic mass is 19.1. The van der Waals surface area contributed by atoms with Crippen molar-refractivity contribution in [3.8, 4) is 11.8 Å². The third kappa shape index (κ3) is 3.23. The lowest BCUT2D eigenvalue weighted by Gasteiger charge is -2.31. The molecule has 2 fully saturated rings. The van der Waals surface area contributed by atoms with Gasteiger partial charge in [-0.2, -0.15) is 9.97 Å². The predicted molar refractivity (Wildman–Crippen MR) is 121 cm³/mol. The first-order chi connectivity index (χ1) is 16.0. The Bertz CT molecular complexity index is 1360. The van der Waals surface area contributed by atoms with Crippen LogP contribution >= 0.6 is 0 Å². The van der Waals surface area contributed by atoms with Crippen LogP contribution in [0, 0.1) is 11.7 Å². The molecule has 6 rings (SSSR count). The molecular weight excluding hydrogens is 427 g/mol. The first-order valence-corrected chi connectivity index (χ1v) is 10.9. The monoisotopic (exact) mass is 450 g/mol. The number of aliphatic hydroxyl groups is 1. The number of aliphatic hydroxyl groups excluding tert-OH is 1. The molecule has 33 heavy (non-hydrogen) atoms. The van der Waals surface area contributed by atoms with E-state index in [2.05, 4.69) is 30.2 Å². The number of halogens is 1. The van der Waals surface area contributed by atoms with Crippen LogP contribution in [-0.4, -0.2) is 55.7 Å². The lowest BCUT2D eigenvalue weighted by molar-refractivity contribution is 0.270. The number of ether oxygens (including phenoxy) is 1. The smallest absolute Gasteiger partial charge is 0.326 e. The number of nitrogens with zero attached hydrogens (tertiary/aromatic N) is 5. The molecule has 1 aliphatic carbocycles. The highest BCUT2D eigenvalue weighted by molar-refractivity contribution is 6.14. The molecule has 0 amide bonds. The fourth-order valence-electron chi connectivity index (χ4n) is 5.11. The summed E-state index contributed by atoms with van der Waals surface area (Å²) in [5, 5.41) is 13.7. The van der Waals surface area contributed by atoms with Crippen molar-refractivity contribution < 1.29 is 14.2 Å². The Morgan fingerprint density at radius 3 is 2.76 bits per heavy atom. The highest BCUT2D eigenvalue weighted by Crippen LogP contribution is 2.44. The average Bonchev–Trinajstić information content (AvgIpc) is 3.50. The van der Waals surface area contributed by atoms with Gasteiger partial charge in [0, 0.05) is 31.1 Å². The van der Waals surface area contributed by atoms with Crippen LogP contribution in [0.5, 0.6) is 11.8 Å². The van der Waals surface area contributed by atoms with Crippen LogP contribution in [0.2, 0.25) is 0 Å². The Morgan fingerprint density at radius 2 is 2.09 bits per heavy atom. The number of H-pyrrole nitrogens is 1. The molecule has 1 aliphatic heterocycles. The zero-order valence-corrected chi connectivity index (χ0v) is 17.9. The molecule has 2 aliphatic rings. The third-order valence-corrected chi connectivity index (χ3v) is 6.66. The molecule has 5 N–H and O–H groups in total. The molecule has 1 saturated carbocycles. The largest absolute Gasteiger partial charge is 0.421 e. The molecule has 0 unspecified atom stereocenters. The van der Waals surface area contributed by atoms with Gasteiger partial charge in [-0.05, 0) is 30.9 Å². The van der Waals surface area contributed by atoms with Gasteiger partial charge >= 0.3 is 6.01 Å². The van der Waals surface area contributed by atoms with Gasteiger partial charge in [-0.15, -0.1) is 0 Å². The summed E-state index contributed by atoms with van der Waals surface area (Å²) >= 11 is 0. The summed E-state index contributed by atoms with van der Waals surface area (Å²) in [5.74, 6) is 1.39. The number of anilines is 2. The summed E-state index contributed by atoms with van der Waals surface area (Å²) in [7, 11) is 1.75. The van der Waals surface area contributed by atoms with E-state index in [-0.39, 0.29) is 30.5 Å². The van der Waals surface area contributed by atoms with Crippen molar-refractivity contribution in [2.45, 2.75) is 31.5 Å². The number of nitrogens with two attached hydrogens (primary N) is 1. The Labute approximate surface area is 188 Å². The van der Waals surface area contributed by atoms with E-state index in [0.717, 1.165) is 30.3 Å². The van der Waals surface area contributed by atoms with Gasteiger partial charge in [0.1, 0.15) is 23.9 Å². The van der Waals surface area contributed by atoms with E-state index in [1.54, 1.807) is 7.05 Å². The quantitative estimate of drug-likeness (QED) is 0.361. The lowest BCUT2D eigenvalue weighted by Crippen LogP contribution is -2.41. The van der Waals surface area contributed by atoms with E-state index in [0.29, 0.717) is 40.0 Å². The fourth-order valence-corrected chi connectivity index (χ4v) is 5.11. The van der Waals surface area contributed by atoms with E-state index in [9.17, 15) is 4.39 Å². The van der Waals surface area contributed by atoms with Gasteiger partial charge in [0.15, 0.2) is 11.6 Å². The summed E-state index contributed by atoms with van der Waals surface area (Å²) in [4.78, 5) is 23.0. The normalized spacial score (nSPS) is 21.9. The van der Waals surface area contributed by atoms with Gasteiger partial charge in [0.2, 0.25) is 0 Å². The summed E-state index contributed by atoms with van der Waals surface area (Å²) in [6, 6.07) is 3.54. The summed E-state index contributed by atoms with van der Waals surface area (Å²) < 4.78 is 20.3. The number of aromatic amines is 1. The first kappa shape index (κ1) is 20.1. The number of hydrogen-bond donors (Lipinski definition) is 4. The molecule has 3 aromatic heterocycles. The van der Waals surface area contributed by atoms with Crippen molar-refractivity contribution in [1.82, 2.24) is 24.9 Å². The molecule has 10 nitrogen and oxygen atoms in total.